The fraction of sp³-hybridized carbons (Fsp3) is 0.562. The average molecular weight is 344 g/mol. The Morgan fingerprint density at radius 3 is 2.55 bits per heavy atom. The summed E-state index contributed by atoms with van der Waals surface area (Å²) in [6, 6.07) is 7.52. The van der Waals surface area contributed by atoms with Crippen LogP contribution in [-0.4, -0.2) is 31.4 Å². The van der Waals surface area contributed by atoms with E-state index in [2.05, 4.69) is 5.32 Å². The lowest BCUT2D eigenvalue weighted by Crippen LogP contribution is -2.37. The summed E-state index contributed by atoms with van der Waals surface area (Å²) in [5.74, 6) is -0.0784. The molecular weight excluding hydrogens is 322 g/mol. The molecule has 1 fully saturated rings. The van der Waals surface area contributed by atoms with Crippen LogP contribution in [0.3, 0.4) is 0 Å². The highest BCUT2D eigenvalue weighted by Crippen LogP contribution is 2.49. The van der Waals surface area contributed by atoms with Gasteiger partial charge >= 0.3 is 0 Å². The van der Waals surface area contributed by atoms with E-state index >= 15 is 0 Å². The van der Waals surface area contributed by atoms with Crippen molar-refractivity contribution in [2.75, 3.05) is 12.3 Å². The zero-order valence-corrected chi connectivity index (χ0v) is 14.7. The molecule has 2 atom stereocenters. The van der Waals surface area contributed by atoms with E-state index in [-0.39, 0.29) is 30.0 Å². The van der Waals surface area contributed by atoms with Crippen molar-refractivity contribution in [1.29, 1.82) is 0 Å². The van der Waals surface area contributed by atoms with E-state index < -0.39 is 14.6 Å². The van der Waals surface area contributed by atoms with Crippen molar-refractivity contribution in [3.05, 3.63) is 34.9 Å². The number of rotatable bonds is 5. The van der Waals surface area contributed by atoms with Crippen LogP contribution in [0.15, 0.2) is 24.3 Å². The van der Waals surface area contributed by atoms with Gasteiger partial charge in [0.25, 0.3) is 0 Å². The van der Waals surface area contributed by atoms with Crippen LogP contribution in [0.2, 0.25) is 5.02 Å². The van der Waals surface area contributed by atoms with Crippen molar-refractivity contribution in [2.45, 2.75) is 37.9 Å². The SMILES string of the molecule is CC(C)(C)S(=O)(=O)CCNC(=O)[C@@H]1C[C@@H]1c1ccccc1Cl. The predicted octanol–water partition coefficient (Wildman–Crippen LogP) is 2.77. The molecule has 0 unspecified atom stereocenters. The highest BCUT2D eigenvalue weighted by Gasteiger charge is 2.44. The molecule has 6 heteroatoms. The van der Waals surface area contributed by atoms with Gasteiger partial charge in [-0.1, -0.05) is 29.8 Å². The summed E-state index contributed by atoms with van der Waals surface area (Å²) in [4.78, 5) is 12.1. The number of halogens is 1. The van der Waals surface area contributed by atoms with E-state index in [9.17, 15) is 13.2 Å². The van der Waals surface area contributed by atoms with Crippen LogP contribution >= 0.6 is 11.6 Å². The smallest absolute Gasteiger partial charge is 0.223 e. The maximum Gasteiger partial charge on any atom is 0.223 e. The minimum Gasteiger partial charge on any atom is -0.355 e. The van der Waals surface area contributed by atoms with Crippen LogP contribution in [-0.2, 0) is 14.6 Å². The molecule has 0 bridgehead atoms. The summed E-state index contributed by atoms with van der Waals surface area (Å²) >= 11 is 6.13. The Morgan fingerprint density at radius 2 is 1.95 bits per heavy atom. The molecule has 0 spiro atoms. The molecule has 1 aromatic carbocycles. The van der Waals surface area contributed by atoms with Crippen molar-refractivity contribution in [3.63, 3.8) is 0 Å². The van der Waals surface area contributed by atoms with Crippen LogP contribution in [0.1, 0.15) is 38.7 Å². The summed E-state index contributed by atoms with van der Waals surface area (Å²) < 4.78 is 23.2. The maximum atomic E-state index is 12.1. The van der Waals surface area contributed by atoms with Crippen molar-refractivity contribution in [3.8, 4) is 0 Å². The Labute approximate surface area is 137 Å². The molecule has 1 N–H and O–H groups in total. The van der Waals surface area contributed by atoms with E-state index in [4.69, 9.17) is 11.6 Å². The van der Waals surface area contributed by atoms with Crippen LogP contribution in [0, 0.1) is 5.92 Å². The van der Waals surface area contributed by atoms with Gasteiger partial charge in [-0.25, -0.2) is 8.42 Å². The number of hydrogen-bond donors (Lipinski definition) is 1. The first-order valence-electron chi connectivity index (χ1n) is 7.38. The molecule has 1 aliphatic rings. The topological polar surface area (TPSA) is 63.2 Å². The first-order chi connectivity index (χ1) is 10.1. The Hall–Kier alpha value is -1.07. The lowest BCUT2D eigenvalue weighted by Gasteiger charge is -2.19. The molecular formula is C16H22ClNO3S. The molecule has 0 radical (unpaired) electrons. The highest BCUT2D eigenvalue weighted by molar-refractivity contribution is 7.92. The fourth-order valence-electron chi connectivity index (χ4n) is 2.35. The second-order valence-electron chi connectivity index (χ2n) is 6.69. The number of sulfone groups is 1. The number of carbonyl (C=O) groups excluding carboxylic acids is 1. The minimum atomic E-state index is -3.21. The number of carbonyl (C=O) groups is 1. The largest absolute Gasteiger partial charge is 0.355 e. The van der Waals surface area contributed by atoms with Crippen molar-refractivity contribution < 1.29 is 13.2 Å². The summed E-state index contributed by atoms with van der Waals surface area (Å²) in [5, 5.41) is 3.41. The van der Waals surface area contributed by atoms with Crippen molar-refractivity contribution in [2.24, 2.45) is 5.92 Å². The van der Waals surface area contributed by atoms with Gasteiger partial charge in [0.15, 0.2) is 9.84 Å². The monoisotopic (exact) mass is 343 g/mol. The van der Waals surface area contributed by atoms with Gasteiger partial charge in [-0.15, -0.1) is 0 Å². The van der Waals surface area contributed by atoms with Crippen LogP contribution in [0.25, 0.3) is 0 Å². The predicted molar refractivity (Wildman–Crippen MR) is 88.8 cm³/mol. The zero-order chi connectivity index (χ0) is 16.5. The van der Waals surface area contributed by atoms with Gasteiger partial charge < -0.3 is 5.32 Å². The van der Waals surface area contributed by atoms with Crippen LogP contribution in [0.5, 0.6) is 0 Å². The van der Waals surface area contributed by atoms with Gasteiger partial charge in [-0.3, -0.25) is 4.79 Å². The standard InChI is InChI=1S/C16H22ClNO3S/c1-16(2,3)22(20,21)9-8-18-15(19)13-10-12(13)11-6-4-5-7-14(11)17/h4-7,12-13H,8-10H2,1-3H3,(H,18,19)/t12-,13-/m1/s1. The second-order valence-corrected chi connectivity index (χ2v) is 9.96. The Bertz CT molecular complexity index is 664. The van der Waals surface area contributed by atoms with Gasteiger partial charge in [0.05, 0.1) is 10.5 Å². The third-order valence-corrected chi connectivity index (χ3v) is 6.99. The third-order valence-electron chi connectivity index (χ3n) is 4.03. The van der Waals surface area contributed by atoms with Crippen LogP contribution < -0.4 is 5.32 Å². The maximum absolute atomic E-state index is 12.1. The second kappa shape index (κ2) is 6.20. The van der Waals surface area contributed by atoms with Crippen molar-refractivity contribution >= 4 is 27.3 Å². The normalized spacial score (nSPS) is 21.5. The molecule has 2 rings (SSSR count). The summed E-state index contributed by atoms with van der Waals surface area (Å²) in [7, 11) is -3.21. The molecule has 1 amide bonds. The van der Waals surface area contributed by atoms with Crippen molar-refractivity contribution in [1.82, 2.24) is 5.32 Å². The van der Waals surface area contributed by atoms with Crippen LogP contribution in [0.4, 0.5) is 0 Å². The van der Waals surface area contributed by atoms with E-state index in [0.717, 1.165) is 12.0 Å². The molecule has 0 saturated heterocycles. The van der Waals surface area contributed by atoms with Gasteiger partial charge in [0.2, 0.25) is 5.91 Å². The molecule has 0 heterocycles. The third kappa shape index (κ3) is 3.82. The Balaban J connectivity index is 1.85. The molecule has 4 nitrogen and oxygen atoms in total. The fourth-order valence-corrected chi connectivity index (χ4v) is 3.61. The molecule has 22 heavy (non-hydrogen) atoms. The summed E-state index contributed by atoms with van der Waals surface area (Å²) in [6.45, 7) is 5.15. The summed E-state index contributed by atoms with van der Waals surface area (Å²) in [5.41, 5.74) is 0.992. The van der Waals surface area contributed by atoms with E-state index in [1.54, 1.807) is 20.8 Å². The number of amides is 1. The highest BCUT2D eigenvalue weighted by atomic mass is 35.5. The Kier molecular flexibility index (Phi) is 4.87. The van der Waals surface area contributed by atoms with Gasteiger partial charge in [0, 0.05) is 17.5 Å². The number of nitrogens with one attached hydrogen (secondary N) is 1. The molecule has 1 aliphatic carbocycles. The number of benzene rings is 1. The van der Waals surface area contributed by atoms with E-state index in [0.29, 0.717) is 5.02 Å². The Morgan fingerprint density at radius 1 is 1.32 bits per heavy atom. The minimum absolute atomic E-state index is 0.0360. The molecule has 0 aliphatic heterocycles. The molecule has 1 saturated carbocycles. The van der Waals surface area contributed by atoms with Gasteiger partial charge in [-0.05, 0) is 44.7 Å². The number of hydrogen-bond acceptors (Lipinski definition) is 3. The summed E-state index contributed by atoms with van der Waals surface area (Å²) in [6.07, 6.45) is 0.765. The first kappa shape index (κ1) is 17.3. The molecule has 1 aromatic rings. The van der Waals surface area contributed by atoms with Gasteiger partial charge in [-0.2, -0.15) is 0 Å². The zero-order valence-electron chi connectivity index (χ0n) is 13.1. The van der Waals surface area contributed by atoms with E-state index in [1.165, 1.54) is 0 Å². The van der Waals surface area contributed by atoms with Gasteiger partial charge in [0.1, 0.15) is 0 Å². The lowest BCUT2D eigenvalue weighted by molar-refractivity contribution is -0.122. The first-order valence-corrected chi connectivity index (χ1v) is 9.41. The molecule has 122 valence electrons. The molecule has 0 aromatic heterocycles. The quantitative estimate of drug-likeness (QED) is 0.894. The lowest BCUT2D eigenvalue weighted by atomic mass is 10.1. The van der Waals surface area contributed by atoms with E-state index in [1.807, 2.05) is 24.3 Å². The average Bonchev–Trinajstić information content (AvgIpc) is 3.17.